The number of aldehydes is 1. The zero-order valence-corrected chi connectivity index (χ0v) is 8.53. The number of carbonyl (C=O) groups excluding carboxylic acids is 1. The van der Waals surface area contributed by atoms with E-state index in [1.807, 2.05) is 0 Å². The van der Waals surface area contributed by atoms with Gasteiger partial charge in [-0.15, -0.1) is 0 Å². The number of halogens is 1. The molecule has 4 heteroatoms. The molecule has 0 aliphatic rings. The molecule has 3 nitrogen and oxygen atoms in total. The second-order valence-electron chi connectivity index (χ2n) is 2.92. The molecule has 0 heterocycles. The molecule has 0 amide bonds. The van der Waals surface area contributed by atoms with Gasteiger partial charge in [-0.25, -0.2) is 0 Å². The first-order valence-electron chi connectivity index (χ1n) is 4.63. The highest BCUT2D eigenvalue weighted by atomic mass is 19.1. The van der Waals surface area contributed by atoms with Crippen molar-refractivity contribution in [2.75, 3.05) is 20.4 Å². The first-order chi connectivity index (χ1) is 7.31. The molecule has 0 bridgehead atoms. The summed E-state index contributed by atoms with van der Waals surface area (Å²) in [4.78, 5) is 10.5. The molecule has 82 valence electrons. The first-order valence-corrected chi connectivity index (χ1v) is 4.63. The Bertz CT molecular complexity index is 326. The van der Waals surface area contributed by atoms with E-state index in [2.05, 4.69) is 0 Å². The number of hydrogen-bond acceptors (Lipinski definition) is 3. The minimum Gasteiger partial charge on any atom is -0.493 e. The number of methoxy groups -OCH3 is 1. The van der Waals surface area contributed by atoms with Crippen LogP contribution in [-0.4, -0.2) is 26.7 Å². The van der Waals surface area contributed by atoms with E-state index in [0.717, 1.165) is 6.29 Å². The zero-order chi connectivity index (χ0) is 11.1. The van der Waals surface area contributed by atoms with Gasteiger partial charge in [0.05, 0.1) is 20.4 Å². The van der Waals surface area contributed by atoms with Crippen molar-refractivity contribution in [1.82, 2.24) is 0 Å². The van der Waals surface area contributed by atoms with E-state index in [0.29, 0.717) is 23.5 Å². The maximum atomic E-state index is 11.9. The normalized spacial score (nSPS) is 9.73. The number of ether oxygens (including phenoxy) is 2. The number of carbonyl (C=O) groups is 1. The number of rotatable bonds is 6. The molecule has 0 unspecified atom stereocenters. The molecular formula is C11H13FO3. The van der Waals surface area contributed by atoms with E-state index in [4.69, 9.17) is 9.47 Å². The second kappa shape index (κ2) is 6.01. The third-order valence-electron chi connectivity index (χ3n) is 1.86. The summed E-state index contributed by atoms with van der Waals surface area (Å²) in [7, 11) is 1.51. The number of hydrogen-bond donors (Lipinski definition) is 0. The van der Waals surface area contributed by atoms with Crippen molar-refractivity contribution >= 4 is 6.29 Å². The highest BCUT2D eigenvalue weighted by Crippen LogP contribution is 2.27. The molecule has 0 aliphatic carbocycles. The van der Waals surface area contributed by atoms with Gasteiger partial charge in [-0.2, -0.15) is 0 Å². The summed E-state index contributed by atoms with van der Waals surface area (Å²) >= 11 is 0. The summed E-state index contributed by atoms with van der Waals surface area (Å²) in [6, 6.07) is 4.85. The smallest absolute Gasteiger partial charge is 0.161 e. The van der Waals surface area contributed by atoms with Crippen LogP contribution >= 0.6 is 0 Å². The monoisotopic (exact) mass is 212 g/mol. The summed E-state index contributed by atoms with van der Waals surface area (Å²) in [5.74, 6) is 1.01. The average Bonchev–Trinajstić information content (AvgIpc) is 2.29. The van der Waals surface area contributed by atoms with Crippen molar-refractivity contribution in [1.29, 1.82) is 0 Å². The van der Waals surface area contributed by atoms with Crippen molar-refractivity contribution in [3.05, 3.63) is 23.8 Å². The fraction of sp³-hybridized carbons (Fsp3) is 0.364. The summed E-state index contributed by atoms with van der Waals surface area (Å²) in [5, 5.41) is 0. The standard InChI is InChI=1S/C11H13FO3/c1-14-10-4-3-9(8-13)7-11(10)15-6-2-5-12/h3-4,7-8H,2,5-6H2,1H3. The predicted molar refractivity (Wildman–Crippen MR) is 54.5 cm³/mol. The van der Waals surface area contributed by atoms with Crippen LogP contribution in [-0.2, 0) is 0 Å². The Kier molecular flexibility index (Phi) is 4.60. The lowest BCUT2D eigenvalue weighted by molar-refractivity contribution is 0.112. The van der Waals surface area contributed by atoms with E-state index < -0.39 is 6.67 Å². The molecule has 1 aromatic rings. The molecule has 0 radical (unpaired) electrons. The van der Waals surface area contributed by atoms with Gasteiger partial charge in [-0.05, 0) is 18.2 Å². The Morgan fingerprint density at radius 3 is 2.80 bits per heavy atom. The molecule has 0 spiro atoms. The van der Waals surface area contributed by atoms with E-state index >= 15 is 0 Å². The van der Waals surface area contributed by atoms with Gasteiger partial charge in [-0.3, -0.25) is 9.18 Å². The average molecular weight is 212 g/mol. The van der Waals surface area contributed by atoms with Crippen LogP contribution in [0.4, 0.5) is 4.39 Å². The molecule has 1 aromatic carbocycles. The fourth-order valence-corrected chi connectivity index (χ4v) is 1.12. The van der Waals surface area contributed by atoms with Crippen molar-refractivity contribution < 1.29 is 18.7 Å². The molecule has 0 fully saturated rings. The van der Waals surface area contributed by atoms with Crippen molar-refractivity contribution in [3.8, 4) is 11.5 Å². The lowest BCUT2D eigenvalue weighted by Gasteiger charge is -2.10. The van der Waals surface area contributed by atoms with Gasteiger partial charge in [0, 0.05) is 12.0 Å². The lowest BCUT2D eigenvalue weighted by atomic mass is 10.2. The van der Waals surface area contributed by atoms with Gasteiger partial charge >= 0.3 is 0 Å². The largest absolute Gasteiger partial charge is 0.493 e. The van der Waals surface area contributed by atoms with E-state index in [1.54, 1.807) is 18.2 Å². The fourth-order valence-electron chi connectivity index (χ4n) is 1.12. The summed E-state index contributed by atoms with van der Waals surface area (Å²) in [6.45, 7) is -0.148. The van der Waals surface area contributed by atoms with Crippen LogP contribution in [0.25, 0.3) is 0 Å². The van der Waals surface area contributed by atoms with Crippen molar-refractivity contribution in [2.45, 2.75) is 6.42 Å². The summed E-state index contributed by atoms with van der Waals surface area (Å²) in [5.41, 5.74) is 0.506. The van der Waals surface area contributed by atoms with Gasteiger partial charge in [0.2, 0.25) is 0 Å². The van der Waals surface area contributed by atoms with Crippen molar-refractivity contribution in [3.63, 3.8) is 0 Å². The maximum absolute atomic E-state index is 11.9. The first kappa shape index (κ1) is 11.5. The van der Waals surface area contributed by atoms with Gasteiger partial charge in [0.15, 0.2) is 11.5 Å². The second-order valence-corrected chi connectivity index (χ2v) is 2.92. The van der Waals surface area contributed by atoms with Crippen LogP contribution in [0.3, 0.4) is 0 Å². The van der Waals surface area contributed by atoms with Gasteiger partial charge in [-0.1, -0.05) is 0 Å². The molecule has 0 saturated heterocycles. The Morgan fingerprint density at radius 1 is 1.40 bits per heavy atom. The Balaban J connectivity index is 2.76. The van der Waals surface area contributed by atoms with Crippen LogP contribution in [0, 0.1) is 0 Å². The molecule has 15 heavy (non-hydrogen) atoms. The van der Waals surface area contributed by atoms with Crippen LogP contribution < -0.4 is 9.47 Å². The quantitative estimate of drug-likeness (QED) is 0.536. The van der Waals surface area contributed by atoms with Crippen LogP contribution in [0.2, 0.25) is 0 Å². The molecule has 0 aliphatic heterocycles. The molecule has 0 N–H and O–H groups in total. The third-order valence-corrected chi connectivity index (χ3v) is 1.86. The minimum absolute atomic E-state index is 0.273. The van der Waals surface area contributed by atoms with E-state index in [1.165, 1.54) is 7.11 Å². The highest BCUT2D eigenvalue weighted by Gasteiger charge is 2.05. The number of benzene rings is 1. The summed E-state index contributed by atoms with van der Waals surface area (Å²) in [6.07, 6.45) is 1.05. The van der Waals surface area contributed by atoms with Gasteiger partial charge < -0.3 is 9.47 Å². The van der Waals surface area contributed by atoms with Crippen LogP contribution in [0.1, 0.15) is 16.8 Å². The Hall–Kier alpha value is -1.58. The zero-order valence-electron chi connectivity index (χ0n) is 8.53. The highest BCUT2D eigenvalue weighted by molar-refractivity contribution is 5.76. The number of alkyl halides is 1. The van der Waals surface area contributed by atoms with Crippen molar-refractivity contribution in [2.24, 2.45) is 0 Å². The van der Waals surface area contributed by atoms with Crippen LogP contribution in [0.15, 0.2) is 18.2 Å². The Labute approximate surface area is 87.8 Å². The van der Waals surface area contributed by atoms with E-state index in [9.17, 15) is 9.18 Å². The van der Waals surface area contributed by atoms with E-state index in [-0.39, 0.29) is 6.61 Å². The molecular weight excluding hydrogens is 199 g/mol. The summed E-state index contributed by atoms with van der Waals surface area (Å²) < 4.78 is 22.2. The predicted octanol–water partition coefficient (Wildman–Crippen LogP) is 2.25. The van der Waals surface area contributed by atoms with Gasteiger partial charge in [0.1, 0.15) is 6.29 Å². The topological polar surface area (TPSA) is 35.5 Å². The Morgan fingerprint density at radius 2 is 2.20 bits per heavy atom. The molecule has 0 saturated carbocycles. The molecule has 1 rings (SSSR count). The maximum Gasteiger partial charge on any atom is 0.161 e. The lowest BCUT2D eigenvalue weighted by Crippen LogP contribution is -2.00. The third kappa shape index (κ3) is 3.23. The van der Waals surface area contributed by atoms with Gasteiger partial charge in [0.25, 0.3) is 0 Å². The SMILES string of the molecule is COc1ccc(C=O)cc1OCCCF. The minimum atomic E-state index is -0.421. The van der Waals surface area contributed by atoms with Crippen LogP contribution in [0.5, 0.6) is 11.5 Å². The molecule has 0 atom stereocenters. The molecule has 0 aromatic heterocycles.